The molecule has 18 heavy (non-hydrogen) atoms. The summed E-state index contributed by atoms with van der Waals surface area (Å²) < 4.78 is 0. The summed E-state index contributed by atoms with van der Waals surface area (Å²) in [7, 11) is 0. The lowest BCUT2D eigenvalue weighted by Gasteiger charge is -2.15. The van der Waals surface area contributed by atoms with Crippen LogP contribution >= 0.6 is 0 Å². The smallest absolute Gasteiger partial charge is 0.253 e. The summed E-state index contributed by atoms with van der Waals surface area (Å²) in [5, 5.41) is 6.08. The highest BCUT2D eigenvalue weighted by Gasteiger charge is 2.11. The van der Waals surface area contributed by atoms with Crippen molar-refractivity contribution in [3.63, 3.8) is 0 Å². The maximum absolute atomic E-state index is 11.9. The fourth-order valence-corrected chi connectivity index (χ4v) is 1.89. The van der Waals surface area contributed by atoms with Gasteiger partial charge in [-0.15, -0.1) is 0 Å². The summed E-state index contributed by atoms with van der Waals surface area (Å²) in [6.45, 7) is 9.16. The van der Waals surface area contributed by atoms with Crippen LogP contribution in [0, 0.1) is 5.92 Å². The van der Waals surface area contributed by atoms with Crippen LogP contribution in [0.1, 0.15) is 44.5 Å². The Morgan fingerprint density at radius 2 is 2.06 bits per heavy atom. The summed E-state index contributed by atoms with van der Waals surface area (Å²) in [5.74, 6) is 1.32. The third kappa shape index (κ3) is 4.73. The second-order valence-electron chi connectivity index (χ2n) is 4.97. The summed E-state index contributed by atoms with van der Waals surface area (Å²) in [4.78, 5) is 16.1. The van der Waals surface area contributed by atoms with Crippen LogP contribution in [0.3, 0.4) is 0 Å². The van der Waals surface area contributed by atoms with Gasteiger partial charge in [-0.1, -0.05) is 13.8 Å². The highest BCUT2D eigenvalue weighted by atomic mass is 16.1. The molecule has 100 valence electrons. The lowest BCUT2D eigenvalue weighted by atomic mass is 10.1. The molecule has 0 aromatic carbocycles. The molecule has 1 heterocycles. The third-order valence-electron chi connectivity index (χ3n) is 2.59. The van der Waals surface area contributed by atoms with Crippen molar-refractivity contribution in [1.29, 1.82) is 0 Å². The molecule has 0 spiro atoms. The quantitative estimate of drug-likeness (QED) is 0.815. The predicted octanol–water partition coefficient (Wildman–Crippen LogP) is 2.68. The SMILES string of the molecule is CCNc1ccc(C(=O)NC(C)CC(C)C)cn1. The molecule has 1 aromatic heterocycles. The number of carbonyl (C=O) groups excluding carboxylic acids is 1. The monoisotopic (exact) mass is 249 g/mol. The number of carbonyl (C=O) groups is 1. The zero-order valence-corrected chi connectivity index (χ0v) is 11.7. The Morgan fingerprint density at radius 3 is 2.56 bits per heavy atom. The molecule has 0 bridgehead atoms. The van der Waals surface area contributed by atoms with Crippen molar-refractivity contribution in [3.05, 3.63) is 23.9 Å². The van der Waals surface area contributed by atoms with E-state index in [2.05, 4.69) is 29.5 Å². The van der Waals surface area contributed by atoms with Gasteiger partial charge in [-0.25, -0.2) is 4.98 Å². The minimum Gasteiger partial charge on any atom is -0.370 e. The molecule has 1 unspecified atom stereocenters. The maximum atomic E-state index is 11.9. The first-order chi connectivity index (χ1) is 8.52. The van der Waals surface area contributed by atoms with E-state index in [9.17, 15) is 4.79 Å². The molecule has 0 aliphatic carbocycles. The Kier molecular flexibility index (Phi) is 5.62. The van der Waals surface area contributed by atoms with Crippen molar-refractivity contribution in [3.8, 4) is 0 Å². The van der Waals surface area contributed by atoms with Crippen LogP contribution in [-0.4, -0.2) is 23.5 Å². The van der Waals surface area contributed by atoms with Crippen molar-refractivity contribution in [2.45, 2.75) is 40.2 Å². The van der Waals surface area contributed by atoms with Crippen molar-refractivity contribution in [2.24, 2.45) is 5.92 Å². The zero-order chi connectivity index (χ0) is 13.5. The van der Waals surface area contributed by atoms with E-state index in [-0.39, 0.29) is 11.9 Å². The molecule has 1 aromatic rings. The number of rotatable bonds is 6. The number of amides is 1. The van der Waals surface area contributed by atoms with E-state index in [4.69, 9.17) is 0 Å². The number of anilines is 1. The molecular weight excluding hydrogens is 226 g/mol. The van der Waals surface area contributed by atoms with E-state index in [1.807, 2.05) is 19.9 Å². The van der Waals surface area contributed by atoms with Gasteiger partial charge in [-0.05, 0) is 38.3 Å². The number of hydrogen-bond acceptors (Lipinski definition) is 3. The molecule has 4 heteroatoms. The van der Waals surface area contributed by atoms with Crippen LogP contribution in [0.4, 0.5) is 5.82 Å². The van der Waals surface area contributed by atoms with Crippen LogP contribution in [0.2, 0.25) is 0 Å². The molecule has 1 amide bonds. The summed E-state index contributed by atoms with van der Waals surface area (Å²) >= 11 is 0. The molecule has 0 fully saturated rings. The van der Waals surface area contributed by atoms with Crippen molar-refractivity contribution < 1.29 is 4.79 Å². The average Bonchev–Trinajstić information content (AvgIpc) is 2.29. The van der Waals surface area contributed by atoms with Gasteiger partial charge in [-0.3, -0.25) is 4.79 Å². The van der Waals surface area contributed by atoms with Crippen LogP contribution in [0.15, 0.2) is 18.3 Å². The molecule has 2 N–H and O–H groups in total. The first-order valence-corrected chi connectivity index (χ1v) is 6.53. The number of hydrogen-bond donors (Lipinski definition) is 2. The van der Waals surface area contributed by atoms with Crippen LogP contribution in [0.25, 0.3) is 0 Å². The van der Waals surface area contributed by atoms with Crippen LogP contribution in [-0.2, 0) is 0 Å². The zero-order valence-electron chi connectivity index (χ0n) is 11.7. The largest absolute Gasteiger partial charge is 0.370 e. The summed E-state index contributed by atoms with van der Waals surface area (Å²) in [6, 6.07) is 3.81. The number of pyridine rings is 1. The normalized spacial score (nSPS) is 12.3. The molecule has 0 saturated heterocycles. The van der Waals surface area contributed by atoms with Gasteiger partial charge < -0.3 is 10.6 Å². The second kappa shape index (κ2) is 6.99. The standard InChI is InChI=1S/C14H23N3O/c1-5-15-13-7-6-12(9-16-13)14(18)17-11(4)8-10(2)3/h6-7,9-11H,5,8H2,1-4H3,(H,15,16)(H,17,18). The first kappa shape index (κ1) is 14.5. The van der Waals surface area contributed by atoms with E-state index < -0.39 is 0 Å². The van der Waals surface area contributed by atoms with Gasteiger partial charge in [-0.2, -0.15) is 0 Å². The number of nitrogens with zero attached hydrogens (tertiary/aromatic N) is 1. The van der Waals surface area contributed by atoms with Crippen LogP contribution < -0.4 is 10.6 Å². The summed E-state index contributed by atoms with van der Waals surface area (Å²) in [5.41, 5.74) is 0.604. The van der Waals surface area contributed by atoms with E-state index in [0.29, 0.717) is 11.5 Å². The molecule has 1 atom stereocenters. The van der Waals surface area contributed by atoms with Crippen molar-refractivity contribution in [1.82, 2.24) is 10.3 Å². The van der Waals surface area contributed by atoms with Gasteiger partial charge in [0.25, 0.3) is 5.91 Å². The van der Waals surface area contributed by atoms with E-state index in [1.165, 1.54) is 0 Å². The van der Waals surface area contributed by atoms with E-state index in [0.717, 1.165) is 18.8 Å². The highest BCUT2D eigenvalue weighted by Crippen LogP contribution is 2.07. The number of aromatic nitrogens is 1. The van der Waals surface area contributed by atoms with Gasteiger partial charge in [0.2, 0.25) is 0 Å². The third-order valence-corrected chi connectivity index (χ3v) is 2.59. The van der Waals surface area contributed by atoms with Gasteiger partial charge in [0.1, 0.15) is 5.82 Å². The Bertz CT molecular complexity index is 373. The molecule has 0 aliphatic heterocycles. The highest BCUT2D eigenvalue weighted by molar-refractivity contribution is 5.94. The lowest BCUT2D eigenvalue weighted by molar-refractivity contribution is 0.0936. The molecule has 0 saturated carbocycles. The second-order valence-corrected chi connectivity index (χ2v) is 4.97. The van der Waals surface area contributed by atoms with Gasteiger partial charge in [0, 0.05) is 18.8 Å². The fourth-order valence-electron chi connectivity index (χ4n) is 1.89. The lowest BCUT2D eigenvalue weighted by Crippen LogP contribution is -2.33. The topological polar surface area (TPSA) is 54.0 Å². The van der Waals surface area contributed by atoms with Gasteiger partial charge >= 0.3 is 0 Å². The average molecular weight is 249 g/mol. The Hall–Kier alpha value is -1.58. The van der Waals surface area contributed by atoms with Gasteiger partial charge in [0.15, 0.2) is 0 Å². The van der Waals surface area contributed by atoms with Gasteiger partial charge in [0.05, 0.1) is 5.56 Å². The molecule has 4 nitrogen and oxygen atoms in total. The molecular formula is C14H23N3O. The maximum Gasteiger partial charge on any atom is 0.253 e. The molecule has 0 aliphatic rings. The molecule has 1 rings (SSSR count). The van der Waals surface area contributed by atoms with E-state index >= 15 is 0 Å². The Morgan fingerprint density at radius 1 is 1.33 bits per heavy atom. The first-order valence-electron chi connectivity index (χ1n) is 6.53. The Labute approximate surface area is 109 Å². The molecule has 0 radical (unpaired) electrons. The number of nitrogens with one attached hydrogen (secondary N) is 2. The fraction of sp³-hybridized carbons (Fsp3) is 0.571. The van der Waals surface area contributed by atoms with Crippen molar-refractivity contribution >= 4 is 11.7 Å². The van der Waals surface area contributed by atoms with Crippen molar-refractivity contribution in [2.75, 3.05) is 11.9 Å². The Balaban J connectivity index is 2.56. The van der Waals surface area contributed by atoms with E-state index in [1.54, 1.807) is 12.3 Å². The minimum atomic E-state index is -0.0568. The van der Waals surface area contributed by atoms with Crippen LogP contribution in [0.5, 0.6) is 0 Å². The summed E-state index contributed by atoms with van der Waals surface area (Å²) in [6.07, 6.45) is 2.59. The minimum absolute atomic E-state index is 0.0568. The predicted molar refractivity (Wildman–Crippen MR) is 74.8 cm³/mol.